The first-order valence-corrected chi connectivity index (χ1v) is 36.3. The predicted molar refractivity (Wildman–Crippen MR) is 398 cm³/mol. The monoisotopic (exact) mass is 1230 g/mol. The van der Waals surface area contributed by atoms with Crippen LogP contribution in [0.2, 0.25) is 0 Å². The third kappa shape index (κ3) is 8.60. The lowest BCUT2D eigenvalue weighted by Crippen LogP contribution is -2.61. The molecule has 0 bridgehead atoms. The molecule has 1 aromatic heterocycles. The van der Waals surface area contributed by atoms with Crippen LogP contribution in [0.25, 0.3) is 22.1 Å². The summed E-state index contributed by atoms with van der Waals surface area (Å²) in [4.78, 5) is 8.53. The van der Waals surface area contributed by atoms with Crippen LogP contribution >= 0.6 is 0 Å². The summed E-state index contributed by atoms with van der Waals surface area (Å²) in [5.74, 6) is 0. The number of hydrogen-bond acceptors (Lipinski definition) is 4. The number of benzene rings is 7. The van der Waals surface area contributed by atoms with Gasteiger partial charge in [0.1, 0.15) is 5.58 Å². The minimum absolute atomic E-state index is 0.00227. The van der Waals surface area contributed by atoms with E-state index >= 15 is 0 Å². The fraction of sp³-hybridized carbons (Fsp3) is 0.500. The fourth-order valence-corrected chi connectivity index (χ4v) is 20.2. The molecule has 93 heavy (non-hydrogen) atoms. The molecule has 482 valence electrons. The second-order valence-corrected chi connectivity index (χ2v) is 37.9. The van der Waals surface area contributed by atoms with E-state index in [4.69, 9.17) is 4.42 Å². The summed E-state index contributed by atoms with van der Waals surface area (Å²) in [6.45, 7) is 52.4. The molecule has 0 N–H and O–H groups in total. The molecule has 8 aromatic rings. The molecule has 5 heteroatoms. The minimum atomic E-state index is -0.215. The van der Waals surface area contributed by atoms with Crippen molar-refractivity contribution in [3.8, 4) is 11.1 Å². The molecule has 1 fully saturated rings. The van der Waals surface area contributed by atoms with Gasteiger partial charge < -0.3 is 19.1 Å². The molecule has 5 aliphatic carbocycles. The standard InChI is InChI=1S/C88H106BN3O/c1-78(2,3)54-29-32-69(57(43-54)53-27-23-22-24-28-53)91-71-51-65-63(83(12,13)39-41-85(65,16)17)49-68(71)89-75-72(45-56(46-73(75)91)92-70-50-64-62(82(10,11)38-40-84(64,14)15)48-67(70)87(20)33-25-26-34-88(87,92)21)90(55-30-31-59-60(44-55)80(6,7)36-35-79(59,4)5)76-58-47-61-66(52-74(58)93-77(76)89)86(18,19)42-37-81(61,8)9/h22-24,27-32,43-52H,25-26,33-42H2,1-21H3. The lowest BCUT2D eigenvalue weighted by Gasteiger charge is -2.51. The fourth-order valence-electron chi connectivity index (χ4n) is 20.2. The molecule has 4 heterocycles. The van der Waals surface area contributed by atoms with Crippen LogP contribution in [0.15, 0.2) is 120 Å². The van der Waals surface area contributed by atoms with Gasteiger partial charge in [0.2, 0.25) is 0 Å². The van der Waals surface area contributed by atoms with Crippen molar-refractivity contribution in [1.82, 2.24) is 0 Å². The maximum Gasteiger partial charge on any atom is 0.297 e. The van der Waals surface area contributed by atoms with Crippen molar-refractivity contribution in [2.24, 2.45) is 0 Å². The van der Waals surface area contributed by atoms with Gasteiger partial charge in [-0.15, -0.1) is 0 Å². The van der Waals surface area contributed by atoms with Gasteiger partial charge >= 0.3 is 0 Å². The van der Waals surface area contributed by atoms with Crippen molar-refractivity contribution in [2.75, 3.05) is 14.7 Å². The van der Waals surface area contributed by atoms with Crippen LogP contribution in [0.3, 0.4) is 0 Å². The summed E-state index contributed by atoms with van der Waals surface area (Å²) < 4.78 is 8.08. The zero-order valence-electron chi connectivity index (χ0n) is 60.8. The Morgan fingerprint density at radius 1 is 0.387 bits per heavy atom. The average Bonchev–Trinajstić information content (AvgIpc) is 1.64. The Labute approximate surface area is 559 Å². The van der Waals surface area contributed by atoms with Gasteiger partial charge in [0.05, 0.1) is 22.6 Å². The molecule has 1 saturated carbocycles. The topological polar surface area (TPSA) is 22.9 Å². The van der Waals surface area contributed by atoms with E-state index in [-0.39, 0.29) is 66.4 Å². The molecular weight excluding hydrogens is 1130 g/mol. The number of furan rings is 1. The van der Waals surface area contributed by atoms with E-state index < -0.39 is 0 Å². The van der Waals surface area contributed by atoms with E-state index in [1.807, 2.05) is 0 Å². The summed E-state index contributed by atoms with van der Waals surface area (Å²) in [7, 11) is 0. The first-order chi connectivity index (χ1) is 43.4. The molecule has 2 atom stereocenters. The second kappa shape index (κ2) is 19.2. The van der Waals surface area contributed by atoms with Crippen LogP contribution in [0.4, 0.5) is 45.5 Å². The number of fused-ring (bicyclic) bond motifs is 13. The highest BCUT2D eigenvalue weighted by molar-refractivity contribution is 7.00. The molecule has 0 saturated heterocycles. The second-order valence-electron chi connectivity index (χ2n) is 37.9. The smallest absolute Gasteiger partial charge is 0.297 e. The Hall–Kier alpha value is -6.46. The number of nitrogens with zero attached hydrogens (tertiary/aromatic N) is 3. The largest absolute Gasteiger partial charge is 0.468 e. The maximum atomic E-state index is 8.08. The summed E-state index contributed by atoms with van der Waals surface area (Å²) in [6, 6.07) is 48.1. The van der Waals surface area contributed by atoms with E-state index in [0.717, 1.165) is 49.8 Å². The van der Waals surface area contributed by atoms with Gasteiger partial charge in [-0.05, 0) is 253 Å². The molecule has 7 aromatic carbocycles. The van der Waals surface area contributed by atoms with Gasteiger partial charge in [0.25, 0.3) is 6.71 Å². The van der Waals surface area contributed by atoms with Gasteiger partial charge in [0, 0.05) is 50.5 Å². The molecule has 3 aliphatic heterocycles. The Morgan fingerprint density at radius 3 is 1.46 bits per heavy atom. The Bertz CT molecular complexity index is 4510. The number of rotatable bonds is 4. The van der Waals surface area contributed by atoms with Crippen LogP contribution < -0.4 is 31.3 Å². The van der Waals surface area contributed by atoms with Crippen LogP contribution in [0.1, 0.15) is 278 Å². The van der Waals surface area contributed by atoms with Crippen LogP contribution in [-0.4, -0.2) is 12.3 Å². The molecule has 4 nitrogen and oxygen atoms in total. The summed E-state index contributed by atoms with van der Waals surface area (Å²) in [5, 5.41) is 1.23. The molecule has 0 radical (unpaired) electrons. The highest BCUT2D eigenvalue weighted by Crippen LogP contribution is 2.65. The van der Waals surface area contributed by atoms with Crippen molar-refractivity contribution in [3.05, 3.63) is 171 Å². The number of hydrogen-bond donors (Lipinski definition) is 0. The highest BCUT2D eigenvalue weighted by Gasteiger charge is 2.60. The van der Waals surface area contributed by atoms with Crippen LogP contribution in [0, 0.1) is 0 Å². The molecule has 0 spiro atoms. The highest BCUT2D eigenvalue weighted by atomic mass is 16.3. The molecule has 2 unspecified atom stereocenters. The van der Waals surface area contributed by atoms with E-state index in [1.165, 1.54) is 156 Å². The van der Waals surface area contributed by atoms with Gasteiger partial charge in [-0.3, -0.25) is 0 Å². The third-order valence-electron chi connectivity index (χ3n) is 27.2. The zero-order valence-corrected chi connectivity index (χ0v) is 60.8. The molecule has 0 amide bonds. The van der Waals surface area contributed by atoms with Crippen molar-refractivity contribution in [1.29, 1.82) is 0 Å². The summed E-state index contributed by atoms with van der Waals surface area (Å²) in [6.07, 6.45) is 14.0. The Morgan fingerprint density at radius 2 is 0.882 bits per heavy atom. The van der Waals surface area contributed by atoms with Gasteiger partial charge in [0.15, 0.2) is 0 Å². The first-order valence-electron chi connectivity index (χ1n) is 36.3. The quantitative estimate of drug-likeness (QED) is 0.164. The zero-order chi connectivity index (χ0) is 65.9. The predicted octanol–water partition coefficient (Wildman–Crippen LogP) is 22.6. The van der Waals surface area contributed by atoms with Gasteiger partial charge in [-0.25, -0.2) is 0 Å². The molecule has 8 aliphatic rings. The maximum absolute atomic E-state index is 8.08. The van der Waals surface area contributed by atoms with Crippen molar-refractivity contribution >= 4 is 79.8 Å². The lowest BCUT2D eigenvalue weighted by molar-refractivity contribution is 0.194. The first kappa shape index (κ1) is 61.4. The minimum Gasteiger partial charge on any atom is -0.468 e. The van der Waals surface area contributed by atoms with Crippen LogP contribution in [-0.2, 0) is 54.1 Å². The third-order valence-corrected chi connectivity index (χ3v) is 27.2. The van der Waals surface area contributed by atoms with E-state index in [0.29, 0.717) is 0 Å². The molecular formula is C88H106BN3O. The van der Waals surface area contributed by atoms with Gasteiger partial charge in [-0.2, -0.15) is 0 Å². The molecule has 16 rings (SSSR count). The normalized spacial score (nSPS) is 24.8. The lowest BCUT2D eigenvalue weighted by atomic mass is 9.35. The van der Waals surface area contributed by atoms with Crippen LogP contribution in [0.5, 0.6) is 0 Å². The van der Waals surface area contributed by atoms with Crippen molar-refractivity contribution in [3.63, 3.8) is 0 Å². The Balaban J connectivity index is 1.10. The average molecular weight is 1230 g/mol. The SMILES string of the molecule is CC(C)(C)c1ccc(N2c3cc4c(cc3B3c5oc6cc7c(cc6c5N(c5ccc6c(c5)C(C)(C)CCC6(C)C)c5cc(N6c8cc9c(cc8C8(C)CCCCC68C)C(C)(C)CCC9(C)C)cc2c53)C(C)(C)CCC7(C)C)C(C)(C)CCC4(C)C)c(-c2ccccc2)c1. The van der Waals surface area contributed by atoms with E-state index in [2.05, 4.69) is 275 Å². The van der Waals surface area contributed by atoms with E-state index in [1.54, 1.807) is 11.1 Å². The van der Waals surface area contributed by atoms with Crippen molar-refractivity contribution in [2.45, 2.75) is 282 Å². The summed E-state index contributed by atoms with van der Waals surface area (Å²) in [5.41, 5.74) is 31.9. The number of anilines is 8. The van der Waals surface area contributed by atoms with Gasteiger partial charge in [-0.1, -0.05) is 206 Å². The summed E-state index contributed by atoms with van der Waals surface area (Å²) >= 11 is 0. The van der Waals surface area contributed by atoms with E-state index in [9.17, 15) is 0 Å². The van der Waals surface area contributed by atoms with Crippen molar-refractivity contribution < 1.29 is 4.42 Å². The Kier molecular flexibility index (Phi) is 12.7.